The first kappa shape index (κ1) is 14.0. The molecule has 1 saturated heterocycles. The number of nitrogens with zero attached hydrogens (tertiary/aromatic N) is 3. The Labute approximate surface area is 113 Å². The van der Waals surface area contributed by atoms with E-state index in [0.717, 1.165) is 19.4 Å². The van der Waals surface area contributed by atoms with E-state index in [0.29, 0.717) is 30.7 Å². The number of ether oxygens (including phenoxy) is 1. The van der Waals surface area contributed by atoms with E-state index in [9.17, 15) is 4.79 Å². The summed E-state index contributed by atoms with van der Waals surface area (Å²) in [6.07, 6.45) is 1.64. The third-order valence-electron chi connectivity index (χ3n) is 3.26. The monoisotopic (exact) mass is 267 g/mol. The number of carbonyl (C=O) groups is 1. The molecule has 0 radical (unpaired) electrons. The molecule has 0 amide bonds. The van der Waals surface area contributed by atoms with Gasteiger partial charge in [0.25, 0.3) is 0 Å². The molecule has 1 aliphatic rings. The third-order valence-corrected chi connectivity index (χ3v) is 3.26. The number of hydrogen-bond acceptors (Lipinski definition) is 6. The summed E-state index contributed by atoms with van der Waals surface area (Å²) in [4.78, 5) is 18.0. The summed E-state index contributed by atoms with van der Waals surface area (Å²) in [5.74, 6) is 1.74. The van der Waals surface area contributed by atoms with Crippen molar-refractivity contribution in [3.05, 3.63) is 11.7 Å². The highest BCUT2D eigenvalue weighted by Crippen LogP contribution is 2.19. The number of aromatic nitrogens is 2. The zero-order chi connectivity index (χ0) is 13.8. The van der Waals surface area contributed by atoms with Crippen molar-refractivity contribution in [3.8, 4) is 0 Å². The number of esters is 1. The molecular weight excluding hydrogens is 246 g/mol. The Kier molecular flexibility index (Phi) is 4.52. The fourth-order valence-electron chi connectivity index (χ4n) is 2.32. The number of likely N-dealkylation sites (tertiary alicyclic amines) is 1. The van der Waals surface area contributed by atoms with Crippen molar-refractivity contribution in [1.29, 1.82) is 0 Å². The minimum absolute atomic E-state index is 0.0213. The van der Waals surface area contributed by atoms with Crippen LogP contribution in [0.4, 0.5) is 0 Å². The van der Waals surface area contributed by atoms with Crippen LogP contribution in [-0.4, -0.2) is 41.2 Å². The van der Waals surface area contributed by atoms with E-state index in [-0.39, 0.29) is 11.9 Å². The van der Waals surface area contributed by atoms with Crippen molar-refractivity contribution < 1.29 is 14.1 Å². The summed E-state index contributed by atoms with van der Waals surface area (Å²) in [6.45, 7) is 6.44. The minimum atomic E-state index is -0.129. The third kappa shape index (κ3) is 3.76. The molecule has 0 aliphatic carbocycles. The first-order valence-corrected chi connectivity index (χ1v) is 6.70. The van der Waals surface area contributed by atoms with Gasteiger partial charge in [0.2, 0.25) is 5.89 Å². The highest BCUT2D eigenvalue weighted by Gasteiger charge is 2.29. The summed E-state index contributed by atoms with van der Waals surface area (Å²) in [6, 6.07) is 0. The van der Waals surface area contributed by atoms with Gasteiger partial charge in [-0.05, 0) is 18.9 Å². The topological polar surface area (TPSA) is 68.5 Å². The van der Waals surface area contributed by atoms with Gasteiger partial charge in [-0.3, -0.25) is 9.69 Å². The van der Waals surface area contributed by atoms with Crippen LogP contribution in [0.25, 0.3) is 0 Å². The molecule has 106 valence electrons. The predicted octanol–water partition coefficient (Wildman–Crippen LogP) is 1.26. The molecule has 1 aliphatic heterocycles. The van der Waals surface area contributed by atoms with Crippen molar-refractivity contribution >= 4 is 5.97 Å². The number of rotatable bonds is 5. The van der Waals surface area contributed by atoms with Gasteiger partial charge in [0.15, 0.2) is 5.82 Å². The zero-order valence-corrected chi connectivity index (χ0v) is 11.8. The van der Waals surface area contributed by atoms with Crippen molar-refractivity contribution in [1.82, 2.24) is 15.0 Å². The van der Waals surface area contributed by atoms with Crippen molar-refractivity contribution in [2.45, 2.75) is 33.2 Å². The van der Waals surface area contributed by atoms with Gasteiger partial charge in [0.1, 0.15) is 0 Å². The van der Waals surface area contributed by atoms with Gasteiger partial charge < -0.3 is 9.26 Å². The molecule has 2 heterocycles. The van der Waals surface area contributed by atoms with E-state index in [2.05, 4.69) is 28.9 Å². The smallest absolute Gasteiger partial charge is 0.310 e. The van der Waals surface area contributed by atoms with Crippen LogP contribution < -0.4 is 0 Å². The maximum Gasteiger partial charge on any atom is 0.310 e. The van der Waals surface area contributed by atoms with Gasteiger partial charge >= 0.3 is 5.97 Å². The number of carbonyl (C=O) groups excluding carboxylic acids is 1. The molecule has 1 fully saturated rings. The minimum Gasteiger partial charge on any atom is -0.469 e. The van der Waals surface area contributed by atoms with Crippen molar-refractivity contribution in [2.75, 3.05) is 20.2 Å². The molecule has 1 aromatic heterocycles. The molecule has 0 saturated carbocycles. The second kappa shape index (κ2) is 6.14. The molecule has 6 nitrogen and oxygen atoms in total. The standard InChI is InChI=1S/C13H21N3O3/c1-9(2)6-12-14-11(15-19-12)8-16-5-4-10(7-16)13(17)18-3/h9-10H,4-8H2,1-3H3. The molecule has 0 N–H and O–H groups in total. The fraction of sp³-hybridized carbons (Fsp3) is 0.769. The molecular formula is C13H21N3O3. The Morgan fingerprint density at radius 2 is 2.37 bits per heavy atom. The Hall–Kier alpha value is -1.43. The molecule has 6 heteroatoms. The van der Waals surface area contributed by atoms with Gasteiger partial charge in [0.05, 0.1) is 19.6 Å². The lowest BCUT2D eigenvalue weighted by atomic mass is 10.1. The first-order chi connectivity index (χ1) is 9.08. The lowest BCUT2D eigenvalue weighted by molar-refractivity contribution is -0.144. The van der Waals surface area contributed by atoms with Crippen LogP contribution >= 0.6 is 0 Å². The summed E-state index contributed by atoms with van der Waals surface area (Å²) in [5, 5.41) is 3.98. The van der Waals surface area contributed by atoms with Crippen LogP contribution in [0, 0.1) is 11.8 Å². The lowest BCUT2D eigenvalue weighted by Gasteiger charge is -2.12. The molecule has 1 aromatic rings. The van der Waals surface area contributed by atoms with E-state index >= 15 is 0 Å². The molecule has 1 atom stereocenters. The molecule has 0 bridgehead atoms. The zero-order valence-electron chi connectivity index (χ0n) is 11.8. The number of methoxy groups -OCH3 is 1. The van der Waals surface area contributed by atoms with Gasteiger partial charge in [-0.25, -0.2) is 0 Å². The second-order valence-electron chi connectivity index (χ2n) is 5.45. The van der Waals surface area contributed by atoms with Crippen LogP contribution in [-0.2, 0) is 22.5 Å². The second-order valence-corrected chi connectivity index (χ2v) is 5.45. The Balaban J connectivity index is 1.85. The average Bonchev–Trinajstić information content (AvgIpc) is 2.98. The Morgan fingerprint density at radius 1 is 1.58 bits per heavy atom. The first-order valence-electron chi connectivity index (χ1n) is 6.70. The fourth-order valence-corrected chi connectivity index (χ4v) is 2.32. The summed E-state index contributed by atoms with van der Waals surface area (Å²) in [5.41, 5.74) is 0. The average molecular weight is 267 g/mol. The van der Waals surface area contributed by atoms with Crippen molar-refractivity contribution in [3.63, 3.8) is 0 Å². The van der Waals surface area contributed by atoms with E-state index in [4.69, 9.17) is 9.26 Å². The molecule has 2 rings (SSSR count). The van der Waals surface area contributed by atoms with E-state index < -0.39 is 0 Å². The number of hydrogen-bond donors (Lipinski definition) is 0. The van der Waals surface area contributed by atoms with E-state index in [1.54, 1.807) is 0 Å². The van der Waals surface area contributed by atoms with E-state index in [1.165, 1.54) is 7.11 Å². The highest BCUT2D eigenvalue weighted by atomic mass is 16.5. The predicted molar refractivity (Wildman–Crippen MR) is 68.2 cm³/mol. The van der Waals surface area contributed by atoms with Crippen LogP contribution in [0.3, 0.4) is 0 Å². The highest BCUT2D eigenvalue weighted by molar-refractivity contribution is 5.72. The van der Waals surface area contributed by atoms with Crippen LogP contribution in [0.2, 0.25) is 0 Å². The molecule has 1 unspecified atom stereocenters. The maximum atomic E-state index is 11.4. The largest absolute Gasteiger partial charge is 0.469 e. The van der Waals surface area contributed by atoms with E-state index in [1.807, 2.05) is 0 Å². The van der Waals surface area contributed by atoms with Crippen molar-refractivity contribution in [2.24, 2.45) is 11.8 Å². The molecule has 19 heavy (non-hydrogen) atoms. The molecule has 0 aromatic carbocycles. The summed E-state index contributed by atoms with van der Waals surface area (Å²) < 4.78 is 9.97. The Bertz CT molecular complexity index is 431. The van der Waals surface area contributed by atoms with Gasteiger partial charge in [-0.2, -0.15) is 4.98 Å². The lowest BCUT2D eigenvalue weighted by Crippen LogP contribution is -2.24. The summed E-state index contributed by atoms with van der Waals surface area (Å²) >= 11 is 0. The maximum absolute atomic E-state index is 11.4. The van der Waals surface area contributed by atoms with Gasteiger partial charge in [-0.15, -0.1) is 0 Å². The quantitative estimate of drug-likeness (QED) is 0.748. The van der Waals surface area contributed by atoms with Gasteiger partial charge in [-0.1, -0.05) is 19.0 Å². The van der Waals surface area contributed by atoms with Gasteiger partial charge in [0, 0.05) is 13.0 Å². The van der Waals surface area contributed by atoms with Crippen LogP contribution in [0.1, 0.15) is 32.0 Å². The van der Waals surface area contributed by atoms with Crippen LogP contribution in [0.5, 0.6) is 0 Å². The normalized spacial score (nSPS) is 20.1. The van der Waals surface area contributed by atoms with Crippen LogP contribution in [0.15, 0.2) is 4.52 Å². The SMILES string of the molecule is COC(=O)C1CCN(Cc2noc(CC(C)C)n2)C1. The Morgan fingerprint density at radius 3 is 3.05 bits per heavy atom. The molecule has 0 spiro atoms. The summed E-state index contributed by atoms with van der Waals surface area (Å²) in [7, 11) is 1.43.